The van der Waals surface area contributed by atoms with Crippen molar-refractivity contribution < 1.29 is 0 Å². The molecule has 0 atom stereocenters. The summed E-state index contributed by atoms with van der Waals surface area (Å²) in [7, 11) is 0. The molecule has 0 aromatic heterocycles. The highest BCUT2D eigenvalue weighted by Gasteiger charge is 2.18. The van der Waals surface area contributed by atoms with Gasteiger partial charge in [0.2, 0.25) is 0 Å². The Kier molecular flexibility index (Phi) is 2.88. The standard InChI is InChI=1S/C34H18/c1-2-6-20-17-31-29(16-19(20)5-1)22-9-11-25-27-14-13-26-24-8-4-3-7-21(24)15-23-10-12-28(34(27)32(23)26)33(31)30(25)18-22/h1-18H. The van der Waals surface area contributed by atoms with Gasteiger partial charge in [0.05, 0.1) is 0 Å². The van der Waals surface area contributed by atoms with Gasteiger partial charge >= 0.3 is 0 Å². The van der Waals surface area contributed by atoms with Crippen molar-refractivity contribution >= 4 is 86.2 Å². The Morgan fingerprint density at radius 3 is 1.65 bits per heavy atom. The van der Waals surface area contributed by atoms with Gasteiger partial charge in [0.15, 0.2) is 0 Å². The van der Waals surface area contributed by atoms with Crippen LogP contribution in [0, 0.1) is 0 Å². The quantitative estimate of drug-likeness (QED) is 0.167. The van der Waals surface area contributed by atoms with Gasteiger partial charge in [0, 0.05) is 0 Å². The molecule has 2 bridgehead atoms. The lowest BCUT2D eigenvalue weighted by atomic mass is 9.84. The van der Waals surface area contributed by atoms with Gasteiger partial charge in [0.1, 0.15) is 0 Å². The van der Waals surface area contributed by atoms with Crippen molar-refractivity contribution in [2.24, 2.45) is 0 Å². The topological polar surface area (TPSA) is 0 Å². The molecule has 9 aromatic rings. The highest BCUT2D eigenvalue weighted by Crippen LogP contribution is 2.47. The molecule has 9 aromatic carbocycles. The zero-order valence-corrected chi connectivity index (χ0v) is 18.4. The maximum Gasteiger partial charge on any atom is -0.00139 e. The molecule has 0 amide bonds. The number of fused-ring (bicyclic) bond motifs is 9. The predicted molar refractivity (Wildman–Crippen MR) is 149 cm³/mol. The molecule has 0 saturated heterocycles. The van der Waals surface area contributed by atoms with E-state index < -0.39 is 0 Å². The third-order valence-corrected chi connectivity index (χ3v) is 8.07. The fourth-order valence-corrected chi connectivity index (χ4v) is 6.61. The minimum Gasteiger partial charge on any atom is -0.0616 e. The maximum absolute atomic E-state index is 2.41. The summed E-state index contributed by atoms with van der Waals surface area (Å²) in [4.78, 5) is 0. The summed E-state index contributed by atoms with van der Waals surface area (Å²) < 4.78 is 0. The minimum atomic E-state index is 1.30. The normalized spacial score (nSPS) is 12.7. The number of hydrogen-bond acceptors (Lipinski definition) is 0. The molecule has 0 spiro atoms. The first-order valence-electron chi connectivity index (χ1n) is 11.9. The number of benzene rings is 9. The summed E-state index contributed by atoms with van der Waals surface area (Å²) >= 11 is 0. The zero-order valence-electron chi connectivity index (χ0n) is 18.4. The van der Waals surface area contributed by atoms with Gasteiger partial charge in [-0.25, -0.2) is 0 Å². The smallest absolute Gasteiger partial charge is 0.00139 e. The van der Waals surface area contributed by atoms with Gasteiger partial charge in [0.25, 0.3) is 0 Å². The molecular formula is C34H18. The molecule has 0 heteroatoms. The van der Waals surface area contributed by atoms with Crippen molar-refractivity contribution in [3.8, 4) is 0 Å². The highest BCUT2D eigenvalue weighted by molar-refractivity contribution is 6.41. The monoisotopic (exact) mass is 426 g/mol. The molecule has 154 valence electrons. The van der Waals surface area contributed by atoms with E-state index >= 15 is 0 Å². The minimum absolute atomic E-state index is 1.30. The summed E-state index contributed by atoms with van der Waals surface area (Å²) in [5, 5.41) is 21.6. The Hall–Kier alpha value is -4.42. The van der Waals surface area contributed by atoms with E-state index in [1.165, 1.54) is 86.2 Å². The number of rotatable bonds is 0. The van der Waals surface area contributed by atoms with Gasteiger partial charge in [-0.05, 0) is 110 Å². The van der Waals surface area contributed by atoms with Crippen LogP contribution >= 0.6 is 0 Å². The second-order valence-electron chi connectivity index (χ2n) is 9.72. The second kappa shape index (κ2) is 5.73. The molecule has 0 saturated carbocycles. The van der Waals surface area contributed by atoms with Gasteiger partial charge in [-0.3, -0.25) is 0 Å². The largest absolute Gasteiger partial charge is 0.0616 e. The van der Waals surface area contributed by atoms with E-state index in [0.717, 1.165) is 0 Å². The molecule has 0 aliphatic heterocycles. The molecule has 0 radical (unpaired) electrons. The summed E-state index contributed by atoms with van der Waals surface area (Å²) in [5.41, 5.74) is 0. The Balaban J connectivity index is 1.64. The molecule has 0 aliphatic rings. The van der Waals surface area contributed by atoms with Crippen LogP contribution in [0.25, 0.3) is 86.2 Å². The van der Waals surface area contributed by atoms with Crippen molar-refractivity contribution in [3.63, 3.8) is 0 Å². The fourth-order valence-electron chi connectivity index (χ4n) is 6.61. The van der Waals surface area contributed by atoms with Crippen molar-refractivity contribution in [1.82, 2.24) is 0 Å². The average molecular weight is 427 g/mol. The van der Waals surface area contributed by atoms with Crippen LogP contribution in [-0.4, -0.2) is 0 Å². The van der Waals surface area contributed by atoms with Crippen LogP contribution in [0.4, 0.5) is 0 Å². The SMILES string of the molecule is c1ccc2cc3c(cc2c1)c1ccc2c(c1)c3c1ccc3cc4ccccc4c4ccc2c1c34. The molecule has 0 N–H and O–H groups in total. The third kappa shape index (κ3) is 1.93. The molecule has 9 rings (SSSR count). The lowest BCUT2D eigenvalue weighted by Gasteiger charge is -2.19. The van der Waals surface area contributed by atoms with E-state index in [0.29, 0.717) is 0 Å². The Labute approximate surface area is 195 Å². The summed E-state index contributed by atoms with van der Waals surface area (Å²) in [6.45, 7) is 0. The van der Waals surface area contributed by atoms with Crippen molar-refractivity contribution in [3.05, 3.63) is 109 Å². The van der Waals surface area contributed by atoms with Crippen LogP contribution < -0.4 is 0 Å². The van der Waals surface area contributed by atoms with Crippen LogP contribution in [-0.2, 0) is 0 Å². The molecule has 34 heavy (non-hydrogen) atoms. The van der Waals surface area contributed by atoms with Crippen LogP contribution in [0.1, 0.15) is 0 Å². The second-order valence-corrected chi connectivity index (χ2v) is 9.72. The van der Waals surface area contributed by atoms with E-state index in [9.17, 15) is 0 Å². The first kappa shape index (κ1) is 17.1. The molecule has 0 nitrogen and oxygen atoms in total. The first-order valence-corrected chi connectivity index (χ1v) is 11.9. The van der Waals surface area contributed by atoms with Crippen LogP contribution in [0.15, 0.2) is 109 Å². The Bertz CT molecular complexity index is 2250. The molecule has 0 fully saturated rings. The van der Waals surface area contributed by atoms with Gasteiger partial charge in [-0.1, -0.05) is 84.9 Å². The van der Waals surface area contributed by atoms with Crippen LogP contribution in [0.3, 0.4) is 0 Å². The van der Waals surface area contributed by atoms with Gasteiger partial charge in [-0.2, -0.15) is 0 Å². The summed E-state index contributed by atoms with van der Waals surface area (Å²) in [5.74, 6) is 0. The summed E-state index contributed by atoms with van der Waals surface area (Å²) in [6.07, 6.45) is 0. The first-order chi connectivity index (χ1) is 16.8. The molecule has 0 unspecified atom stereocenters. The van der Waals surface area contributed by atoms with E-state index in [-0.39, 0.29) is 0 Å². The lowest BCUT2D eigenvalue weighted by Crippen LogP contribution is -1.91. The van der Waals surface area contributed by atoms with E-state index in [4.69, 9.17) is 0 Å². The lowest BCUT2D eigenvalue weighted by molar-refractivity contribution is 1.79. The zero-order chi connectivity index (χ0) is 22.0. The Morgan fingerprint density at radius 1 is 0.235 bits per heavy atom. The maximum atomic E-state index is 2.41. The fraction of sp³-hybridized carbons (Fsp3) is 0. The molecular weight excluding hydrogens is 408 g/mol. The predicted octanol–water partition coefficient (Wildman–Crippen LogP) is 9.79. The average Bonchev–Trinajstić information content (AvgIpc) is 2.90. The van der Waals surface area contributed by atoms with E-state index in [2.05, 4.69) is 109 Å². The summed E-state index contributed by atoms with van der Waals surface area (Å²) in [6, 6.07) is 41.1. The molecule has 0 aliphatic carbocycles. The van der Waals surface area contributed by atoms with Crippen LogP contribution in [0.2, 0.25) is 0 Å². The van der Waals surface area contributed by atoms with E-state index in [1.54, 1.807) is 0 Å². The van der Waals surface area contributed by atoms with Crippen LogP contribution in [0.5, 0.6) is 0 Å². The number of hydrogen-bond donors (Lipinski definition) is 0. The van der Waals surface area contributed by atoms with Gasteiger partial charge in [-0.15, -0.1) is 0 Å². The van der Waals surface area contributed by atoms with Crippen molar-refractivity contribution in [2.45, 2.75) is 0 Å². The highest BCUT2D eigenvalue weighted by atomic mass is 14.2. The van der Waals surface area contributed by atoms with E-state index in [1.807, 2.05) is 0 Å². The van der Waals surface area contributed by atoms with Crippen molar-refractivity contribution in [1.29, 1.82) is 0 Å². The third-order valence-electron chi connectivity index (χ3n) is 8.07. The van der Waals surface area contributed by atoms with Gasteiger partial charge < -0.3 is 0 Å². The molecule has 0 heterocycles. The Morgan fingerprint density at radius 2 is 0.794 bits per heavy atom. The van der Waals surface area contributed by atoms with Crippen molar-refractivity contribution in [2.75, 3.05) is 0 Å².